The number of nitrogens with zero attached hydrogens (tertiary/aromatic N) is 2. The van der Waals surface area contributed by atoms with E-state index >= 15 is 0 Å². The number of aromatic nitrogens is 1. The Kier molecular flexibility index (Phi) is 7.45. The molecule has 1 aromatic heterocycles. The minimum Gasteiger partial charge on any atom is -0.339 e. The van der Waals surface area contributed by atoms with Crippen LogP contribution >= 0.6 is 12.4 Å². The first-order valence-corrected chi connectivity index (χ1v) is 12.4. The molecule has 2 aromatic rings. The van der Waals surface area contributed by atoms with E-state index in [9.17, 15) is 18.0 Å². The molecule has 4 rings (SSSR count). The van der Waals surface area contributed by atoms with Crippen molar-refractivity contribution in [3.8, 4) is 0 Å². The van der Waals surface area contributed by atoms with Crippen LogP contribution in [0.5, 0.6) is 0 Å². The zero-order valence-corrected chi connectivity index (χ0v) is 20.5. The van der Waals surface area contributed by atoms with Crippen molar-refractivity contribution in [2.45, 2.75) is 56.6 Å². The summed E-state index contributed by atoms with van der Waals surface area (Å²) >= 11 is 0. The number of anilines is 1. The van der Waals surface area contributed by atoms with Gasteiger partial charge < -0.3 is 5.32 Å². The lowest BCUT2D eigenvalue weighted by Crippen LogP contribution is -2.66. The topological polar surface area (TPSA) is 99.5 Å². The third kappa shape index (κ3) is 4.62. The number of sulfonamides is 1. The molecule has 0 spiro atoms. The first-order chi connectivity index (χ1) is 15.2. The van der Waals surface area contributed by atoms with Crippen molar-refractivity contribution in [2.24, 2.45) is 5.92 Å². The molecular formula is C23H30ClN4O4S+. The largest absolute Gasteiger partial charge is 0.339 e. The van der Waals surface area contributed by atoms with Gasteiger partial charge >= 0.3 is 5.91 Å². The number of rotatable bonds is 7. The number of hydrogen-bond acceptors (Lipinski definition) is 4. The number of pyridine rings is 1. The standard InChI is InChI=1S/C23H28N4O4S.ClH/c1-4-15(2)21(28)25-20-16(3)26-12-8-9-17-13-18(27(22(17)26)23(20)29)14-24-32(30,31)19-10-6-5-7-11-19;/h5-12,15-16,18,20,24H,4,13-14H2,1-3H3;1H/p+1/t15-,16?,18+,20+;/m1./s1. The molecule has 0 bridgehead atoms. The van der Waals surface area contributed by atoms with Crippen LogP contribution in [0.4, 0.5) is 5.82 Å². The van der Waals surface area contributed by atoms with Crippen LogP contribution in [0.25, 0.3) is 0 Å². The van der Waals surface area contributed by atoms with E-state index in [-0.39, 0.29) is 53.7 Å². The van der Waals surface area contributed by atoms with E-state index in [4.69, 9.17) is 0 Å². The first-order valence-electron chi connectivity index (χ1n) is 11.0. The summed E-state index contributed by atoms with van der Waals surface area (Å²) in [6.45, 7) is 5.77. The molecule has 10 heteroatoms. The van der Waals surface area contributed by atoms with E-state index in [1.165, 1.54) is 12.1 Å². The van der Waals surface area contributed by atoms with Gasteiger partial charge in [-0.25, -0.2) is 22.5 Å². The molecule has 178 valence electrons. The van der Waals surface area contributed by atoms with Gasteiger partial charge in [0, 0.05) is 17.9 Å². The summed E-state index contributed by atoms with van der Waals surface area (Å²) in [5.41, 5.74) is 0.989. The predicted molar refractivity (Wildman–Crippen MR) is 127 cm³/mol. The van der Waals surface area contributed by atoms with Crippen molar-refractivity contribution in [1.29, 1.82) is 0 Å². The maximum Gasteiger partial charge on any atom is 0.336 e. The van der Waals surface area contributed by atoms with Crippen LogP contribution in [0, 0.1) is 5.92 Å². The lowest BCUT2D eigenvalue weighted by atomic mass is 10.0. The van der Waals surface area contributed by atoms with Gasteiger partial charge in [0.15, 0.2) is 6.04 Å². The number of halogens is 1. The maximum atomic E-state index is 13.5. The summed E-state index contributed by atoms with van der Waals surface area (Å²) in [5, 5.41) is 2.93. The Labute approximate surface area is 200 Å². The molecule has 2 N–H and O–H groups in total. The second kappa shape index (κ2) is 9.79. The van der Waals surface area contributed by atoms with E-state index in [1.807, 2.05) is 43.7 Å². The summed E-state index contributed by atoms with van der Waals surface area (Å²) in [5.74, 6) is 0.226. The average Bonchev–Trinajstić information content (AvgIpc) is 3.18. The van der Waals surface area contributed by atoms with Crippen LogP contribution in [0.1, 0.15) is 38.8 Å². The molecule has 0 radical (unpaired) electrons. The lowest BCUT2D eigenvalue weighted by molar-refractivity contribution is -0.711. The van der Waals surface area contributed by atoms with Crippen LogP contribution < -0.4 is 19.5 Å². The van der Waals surface area contributed by atoms with Gasteiger partial charge in [-0.3, -0.25) is 4.79 Å². The van der Waals surface area contributed by atoms with E-state index in [0.717, 1.165) is 11.4 Å². The van der Waals surface area contributed by atoms with Crippen molar-refractivity contribution in [1.82, 2.24) is 10.0 Å². The highest BCUT2D eigenvalue weighted by atomic mass is 35.5. The zero-order valence-electron chi connectivity index (χ0n) is 18.9. The summed E-state index contributed by atoms with van der Waals surface area (Å²) in [4.78, 5) is 27.9. The highest BCUT2D eigenvalue weighted by Gasteiger charge is 2.53. The number of carbonyl (C=O) groups excluding carboxylic acids is 2. The molecule has 8 nitrogen and oxygen atoms in total. The predicted octanol–water partition coefficient (Wildman–Crippen LogP) is 1.74. The maximum absolute atomic E-state index is 13.5. The Hall–Kier alpha value is -2.49. The van der Waals surface area contributed by atoms with E-state index in [2.05, 4.69) is 10.0 Å². The lowest BCUT2D eigenvalue weighted by Gasteiger charge is -2.33. The fourth-order valence-electron chi connectivity index (χ4n) is 4.36. The van der Waals surface area contributed by atoms with Crippen molar-refractivity contribution in [3.05, 3.63) is 54.2 Å². The Morgan fingerprint density at radius 1 is 1.21 bits per heavy atom. The third-order valence-corrected chi connectivity index (χ3v) is 7.91. The number of amides is 2. The van der Waals surface area contributed by atoms with Gasteiger partial charge in [0.25, 0.3) is 5.82 Å². The van der Waals surface area contributed by atoms with Crippen LogP contribution in [0.15, 0.2) is 53.6 Å². The average molecular weight is 494 g/mol. The van der Waals surface area contributed by atoms with Gasteiger partial charge in [-0.15, -0.1) is 12.4 Å². The second-order valence-corrected chi connectivity index (χ2v) is 10.3. The van der Waals surface area contributed by atoms with Crippen LogP contribution in [0.3, 0.4) is 0 Å². The van der Waals surface area contributed by atoms with Gasteiger partial charge in [-0.05, 0) is 37.6 Å². The molecule has 1 unspecified atom stereocenters. The Morgan fingerprint density at radius 3 is 2.58 bits per heavy atom. The molecule has 0 saturated heterocycles. The van der Waals surface area contributed by atoms with Gasteiger partial charge in [-0.2, -0.15) is 4.90 Å². The van der Waals surface area contributed by atoms with Crippen molar-refractivity contribution in [2.75, 3.05) is 11.4 Å². The van der Waals surface area contributed by atoms with Crippen molar-refractivity contribution in [3.63, 3.8) is 0 Å². The highest BCUT2D eigenvalue weighted by Crippen LogP contribution is 2.34. The molecule has 1 aromatic carbocycles. The van der Waals surface area contributed by atoms with E-state index < -0.39 is 16.1 Å². The number of benzene rings is 1. The third-order valence-electron chi connectivity index (χ3n) is 6.47. The fraction of sp³-hybridized carbons (Fsp3) is 0.435. The number of hydrogen-bond donors (Lipinski definition) is 2. The monoisotopic (exact) mass is 493 g/mol. The fourth-order valence-corrected chi connectivity index (χ4v) is 5.46. The van der Waals surface area contributed by atoms with E-state index in [1.54, 1.807) is 23.1 Å². The van der Waals surface area contributed by atoms with Gasteiger partial charge in [0.2, 0.25) is 15.9 Å². The summed E-state index contributed by atoms with van der Waals surface area (Å²) in [6, 6.07) is 10.7. The summed E-state index contributed by atoms with van der Waals surface area (Å²) < 4.78 is 30.1. The molecule has 3 heterocycles. The molecule has 2 amide bonds. The van der Waals surface area contributed by atoms with Gasteiger partial charge in [-0.1, -0.05) is 32.0 Å². The first kappa shape index (κ1) is 25.1. The number of carbonyl (C=O) groups is 2. The van der Waals surface area contributed by atoms with Gasteiger partial charge in [0.05, 0.1) is 17.6 Å². The van der Waals surface area contributed by atoms with E-state index in [0.29, 0.717) is 12.8 Å². The summed E-state index contributed by atoms with van der Waals surface area (Å²) in [7, 11) is -3.70. The Bertz CT molecular complexity index is 1140. The minimum absolute atomic E-state index is 0. The van der Waals surface area contributed by atoms with Crippen LogP contribution in [-0.4, -0.2) is 38.9 Å². The molecule has 2 aliphatic heterocycles. The quantitative estimate of drug-likeness (QED) is 0.574. The Balaban J connectivity index is 0.00000306. The Morgan fingerprint density at radius 2 is 1.91 bits per heavy atom. The molecule has 0 saturated carbocycles. The second-order valence-electron chi connectivity index (χ2n) is 8.53. The molecule has 0 aliphatic carbocycles. The van der Waals surface area contributed by atoms with Crippen LogP contribution in [-0.2, 0) is 26.0 Å². The minimum atomic E-state index is -3.70. The van der Waals surface area contributed by atoms with Crippen molar-refractivity contribution < 1.29 is 22.6 Å². The SMILES string of the molecule is CC[C@@H](C)C(=O)N[C@@H]1C(=O)N2c3c(ccc[n+]3C1C)C[C@H]2CNS(=O)(=O)c1ccccc1.Cl. The zero-order chi connectivity index (χ0) is 23.0. The molecule has 33 heavy (non-hydrogen) atoms. The smallest absolute Gasteiger partial charge is 0.336 e. The number of nitrogens with one attached hydrogen (secondary N) is 2. The van der Waals surface area contributed by atoms with Gasteiger partial charge in [0.1, 0.15) is 12.1 Å². The molecular weight excluding hydrogens is 464 g/mol. The van der Waals surface area contributed by atoms with Crippen molar-refractivity contribution >= 4 is 40.1 Å². The van der Waals surface area contributed by atoms with Crippen LogP contribution in [0.2, 0.25) is 0 Å². The normalized spacial score (nSPS) is 22.3. The molecule has 4 atom stereocenters. The highest BCUT2D eigenvalue weighted by molar-refractivity contribution is 7.89. The molecule has 2 aliphatic rings. The molecule has 0 fully saturated rings. The summed E-state index contributed by atoms with van der Waals surface area (Å²) in [6.07, 6.45) is 3.13.